The molecule has 3 aliphatic rings. The number of benzene rings is 2. The molecule has 5 heteroatoms. The standard InChI is InChI=1S/C26H28N2O3/c1-16(18-10-6-3-7-11-18)27-24(29)21(14-17-8-4-2-5-9-17)28-25(30)22-19-12-13-20(15-19)23(22)26(28)31/h2-11,16,19-23H,12-15H2,1H3,(H,27,29)/t16-,19-,20+,21+,22-,23+/m0/s1. The van der Waals surface area contributed by atoms with Crippen molar-refractivity contribution < 1.29 is 14.4 Å². The monoisotopic (exact) mass is 416 g/mol. The van der Waals surface area contributed by atoms with Crippen molar-refractivity contribution in [2.45, 2.75) is 44.7 Å². The van der Waals surface area contributed by atoms with Crippen LogP contribution in [0.4, 0.5) is 0 Å². The van der Waals surface area contributed by atoms with Gasteiger partial charge in [-0.2, -0.15) is 0 Å². The minimum Gasteiger partial charge on any atom is -0.348 e. The Hall–Kier alpha value is -2.95. The van der Waals surface area contributed by atoms with Crippen molar-refractivity contribution in [2.24, 2.45) is 23.7 Å². The van der Waals surface area contributed by atoms with Crippen molar-refractivity contribution in [3.05, 3.63) is 71.8 Å². The van der Waals surface area contributed by atoms with Crippen molar-refractivity contribution in [1.82, 2.24) is 10.2 Å². The molecule has 0 spiro atoms. The predicted molar refractivity (Wildman–Crippen MR) is 117 cm³/mol. The Labute approximate surface area is 182 Å². The number of carbonyl (C=O) groups excluding carboxylic acids is 3. The maximum Gasteiger partial charge on any atom is 0.244 e. The van der Waals surface area contributed by atoms with Gasteiger partial charge in [0.05, 0.1) is 17.9 Å². The van der Waals surface area contributed by atoms with Gasteiger partial charge in [-0.3, -0.25) is 19.3 Å². The highest BCUT2D eigenvalue weighted by atomic mass is 16.2. The van der Waals surface area contributed by atoms with Crippen LogP contribution in [0, 0.1) is 23.7 Å². The molecule has 6 atom stereocenters. The average Bonchev–Trinajstić information content (AvgIpc) is 3.47. The molecule has 1 N–H and O–H groups in total. The molecule has 3 amide bonds. The van der Waals surface area contributed by atoms with Crippen molar-refractivity contribution in [3.8, 4) is 0 Å². The fourth-order valence-corrected chi connectivity index (χ4v) is 6.01. The molecule has 5 nitrogen and oxygen atoms in total. The van der Waals surface area contributed by atoms with Crippen molar-refractivity contribution in [1.29, 1.82) is 0 Å². The number of fused-ring (bicyclic) bond motifs is 5. The van der Waals surface area contributed by atoms with E-state index in [1.165, 1.54) is 4.90 Å². The van der Waals surface area contributed by atoms with Crippen molar-refractivity contribution in [3.63, 3.8) is 0 Å². The molecule has 3 fully saturated rings. The molecule has 2 saturated carbocycles. The highest BCUT2D eigenvalue weighted by molar-refractivity contribution is 6.09. The van der Waals surface area contributed by atoms with Gasteiger partial charge in [0.2, 0.25) is 17.7 Å². The Morgan fingerprint density at radius 3 is 2.06 bits per heavy atom. The lowest BCUT2D eigenvalue weighted by Gasteiger charge is -2.28. The maximum atomic E-state index is 13.5. The number of amides is 3. The van der Waals surface area contributed by atoms with Crippen LogP contribution in [0.15, 0.2) is 60.7 Å². The molecule has 0 radical (unpaired) electrons. The van der Waals surface area contributed by atoms with E-state index in [2.05, 4.69) is 5.32 Å². The molecule has 2 aliphatic carbocycles. The van der Waals surface area contributed by atoms with Crippen LogP contribution in [-0.2, 0) is 20.8 Å². The first-order valence-corrected chi connectivity index (χ1v) is 11.3. The van der Waals surface area contributed by atoms with Crippen LogP contribution in [0.1, 0.15) is 43.4 Å². The van der Waals surface area contributed by atoms with Gasteiger partial charge < -0.3 is 5.32 Å². The molecule has 2 aromatic carbocycles. The van der Waals surface area contributed by atoms with Gasteiger partial charge in [-0.05, 0) is 49.1 Å². The summed E-state index contributed by atoms with van der Waals surface area (Å²) >= 11 is 0. The predicted octanol–water partition coefficient (Wildman–Crippen LogP) is 3.51. The third kappa shape index (κ3) is 3.46. The normalized spacial score (nSPS) is 28.5. The molecule has 0 unspecified atom stereocenters. The van der Waals surface area contributed by atoms with E-state index in [4.69, 9.17) is 0 Å². The third-order valence-corrected chi connectivity index (χ3v) is 7.51. The third-order valence-electron chi connectivity index (χ3n) is 7.51. The van der Waals surface area contributed by atoms with Crippen LogP contribution in [0.2, 0.25) is 0 Å². The first-order valence-electron chi connectivity index (χ1n) is 11.3. The minimum atomic E-state index is -0.821. The van der Waals surface area contributed by atoms with Gasteiger partial charge in [0.25, 0.3) is 0 Å². The zero-order valence-corrected chi connectivity index (χ0v) is 17.7. The molecular formula is C26H28N2O3. The topological polar surface area (TPSA) is 66.5 Å². The van der Waals surface area contributed by atoms with Crippen molar-refractivity contribution >= 4 is 17.7 Å². The van der Waals surface area contributed by atoms with Crippen LogP contribution < -0.4 is 5.32 Å². The zero-order valence-electron chi connectivity index (χ0n) is 17.7. The number of imide groups is 1. The molecule has 31 heavy (non-hydrogen) atoms. The summed E-state index contributed by atoms with van der Waals surface area (Å²) < 4.78 is 0. The number of nitrogens with zero attached hydrogens (tertiary/aromatic N) is 1. The number of likely N-dealkylation sites (tertiary alicyclic amines) is 1. The second-order valence-electron chi connectivity index (χ2n) is 9.28. The lowest BCUT2D eigenvalue weighted by atomic mass is 9.81. The van der Waals surface area contributed by atoms with E-state index < -0.39 is 6.04 Å². The van der Waals surface area contributed by atoms with E-state index in [0.717, 1.165) is 30.4 Å². The van der Waals surface area contributed by atoms with Crippen LogP contribution in [-0.4, -0.2) is 28.7 Å². The lowest BCUT2D eigenvalue weighted by molar-refractivity contribution is -0.148. The second kappa shape index (κ2) is 7.95. The fraction of sp³-hybridized carbons (Fsp3) is 0.423. The summed E-state index contributed by atoms with van der Waals surface area (Å²) in [6.07, 6.45) is 3.38. The summed E-state index contributed by atoms with van der Waals surface area (Å²) in [7, 11) is 0. The number of hydrogen-bond acceptors (Lipinski definition) is 3. The lowest BCUT2D eigenvalue weighted by Crippen LogP contribution is -2.52. The van der Waals surface area contributed by atoms with Crippen LogP contribution >= 0.6 is 0 Å². The Morgan fingerprint density at radius 2 is 1.48 bits per heavy atom. The molecule has 1 aliphatic heterocycles. The zero-order chi connectivity index (χ0) is 21.5. The van der Waals surface area contributed by atoms with E-state index >= 15 is 0 Å². The van der Waals surface area contributed by atoms with Gasteiger partial charge in [0, 0.05) is 6.42 Å². The SMILES string of the molecule is C[C@H](NC(=O)[C@@H](Cc1ccccc1)N1C(=O)[C@@H]2[C@@H]3CC[C@@H](C3)[C@@H]2C1=O)c1ccccc1. The van der Waals surface area contributed by atoms with Crippen LogP contribution in [0.25, 0.3) is 0 Å². The van der Waals surface area contributed by atoms with Gasteiger partial charge in [0.1, 0.15) is 6.04 Å². The Morgan fingerprint density at radius 1 is 0.935 bits per heavy atom. The molecule has 160 valence electrons. The van der Waals surface area contributed by atoms with Gasteiger partial charge in [-0.1, -0.05) is 60.7 Å². The molecule has 1 heterocycles. The van der Waals surface area contributed by atoms with E-state index in [1.54, 1.807) is 0 Å². The fourth-order valence-electron chi connectivity index (χ4n) is 6.01. The second-order valence-corrected chi connectivity index (χ2v) is 9.28. The summed E-state index contributed by atoms with van der Waals surface area (Å²) in [5.74, 6) is -0.362. The van der Waals surface area contributed by atoms with Gasteiger partial charge in [-0.25, -0.2) is 0 Å². The average molecular weight is 417 g/mol. The van der Waals surface area contributed by atoms with Crippen LogP contribution in [0.5, 0.6) is 0 Å². The van der Waals surface area contributed by atoms with E-state index in [0.29, 0.717) is 18.3 Å². The van der Waals surface area contributed by atoms with E-state index in [9.17, 15) is 14.4 Å². The van der Waals surface area contributed by atoms with Gasteiger partial charge >= 0.3 is 0 Å². The summed E-state index contributed by atoms with van der Waals surface area (Å²) in [5, 5.41) is 3.05. The summed E-state index contributed by atoms with van der Waals surface area (Å²) in [4.78, 5) is 41.6. The minimum absolute atomic E-state index is 0.134. The smallest absolute Gasteiger partial charge is 0.244 e. The number of carbonyl (C=O) groups is 3. The first kappa shape index (κ1) is 20.0. The number of hydrogen-bond donors (Lipinski definition) is 1. The molecular weight excluding hydrogens is 388 g/mol. The highest BCUT2D eigenvalue weighted by Crippen LogP contribution is 2.56. The summed E-state index contributed by atoms with van der Waals surface area (Å²) in [5.41, 5.74) is 1.93. The summed E-state index contributed by atoms with van der Waals surface area (Å²) in [6, 6.07) is 18.3. The highest BCUT2D eigenvalue weighted by Gasteiger charge is 2.62. The molecule has 1 saturated heterocycles. The van der Waals surface area contributed by atoms with E-state index in [1.807, 2.05) is 67.6 Å². The molecule has 2 bridgehead atoms. The van der Waals surface area contributed by atoms with E-state index in [-0.39, 0.29) is 35.6 Å². The Balaban J connectivity index is 1.43. The largest absolute Gasteiger partial charge is 0.348 e. The maximum absolute atomic E-state index is 13.5. The number of rotatable bonds is 6. The molecule has 0 aromatic heterocycles. The van der Waals surface area contributed by atoms with Gasteiger partial charge in [-0.15, -0.1) is 0 Å². The van der Waals surface area contributed by atoms with Crippen LogP contribution in [0.3, 0.4) is 0 Å². The van der Waals surface area contributed by atoms with Gasteiger partial charge in [0.15, 0.2) is 0 Å². The Bertz CT molecular complexity index is 962. The molecule has 5 rings (SSSR count). The first-order chi connectivity index (χ1) is 15.0. The van der Waals surface area contributed by atoms with Crippen molar-refractivity contribution in [2.75, 3.05) is 0 Å². The quantitative estimate of drug-likeness (QED) is 0.733. The molecule has 2 aromatic rings. The number of nitrogens with one attached hydrogen (secondary N) is 1. The Kier molecular flexibility index (Phi) is 5.12. The summed E-state index contributed by atoms with van der Waals surface area (Å²) in [6.45, 7) is 1.93.